The van der Waals surface area contributed by atoms with Gasteiger partial charge < -0.3 is 0 Å². The topological polar surface area (TPSA) is 48.8 Å². The van der Waals surface area contributed by atoms with E-state index in [0.29, 0.717) is 5.02 Å². The predicted octanol–water partition coefficient (Wildman–Crippen LogP) is 4.49. The zero-order chi connectivity index (χ0) is 10.4. The molecule has 74 valence electrons. The third-order valence-corrected chi connectivity index (χ3v) is 2.26. The van der Waals surface area contributed by atoms with Gasteiger partial charge in [0.15, 0.2) is 0 Å². The molecule has 4 heteroatoms. The van der Waals surface area contributed by atoms with E-state index in [1.54, 1.807) is 0 Å². The summed E-state index contributed by atoms with van der Waals surface area (Å²) in [6, 6.07) is 7.36. The molecule has 0 aliphatic heterocycles. The van der Waals surface area contributed by atoms with Crippen LogP contribution >= 0.6 is 11.6 Å². The van der Waals surface area contributed by atoms with Crippen molar-refractivity contribution >= 4 is 11.6 Å². The number of hydrogen-bond donors (Lipinski definition) is 0. The van der Waals surface area contributed by atoms with Gasteiger partial charge in [0.25, 0.3) is 0 Å². The molecule has 0 amide bonds. The molecule has 0 fully saturated rings. The van der Waals surface area contributed by atoms with Crippen molar-refractivity contribution in [2.24, 2.45) is 5.11 Å². The first-order chi connectivity index (χ1) is 6.77. The smallest absolute Gasteiger partial charge is 0.0625 e. The highest BCUT2D eigenvalue weighted by Crippen LogP contribution is 2.24. The van der Waals surface area contributed by atoms with Crippen molar-refractivity contribution in [3.8, 4) is 0 Å². The van der Waals surface area contributed by atoms with Crippen LogP contribution in [-0.2, 0) is 0 Å². The standard InChI is InChI=1S/C10H12ClN3/c1-2-3-10(13-14-12)8-4-6-9(11)7-5-8/h4-7,10H,2-3H2,1H3/t10-/m1/s1. The number of nitrogens with zero attached hydrogens (tertiary/aromatic N) is 3. The molecule has 3 nitrogen and oxygen atoms in total. The van der Waals surface area contributed by atoms with Crippen molar-refractivity contribution in [2.75, 3.05) is 0 Å². The van der Waals surface area contributed by atoms with Crippen LogP contribution in [0.15, 0.2) is 29.4 Å². The quantitative estimate of drug-likeness (QED) is 0.399. The Morgan fingerprint density at radius 3 is 2.57 bits per heavy atom. The average molecular weight is 210 g/mol. The van der Waals surface area contributed by atoms with Crippen LogP contribution < -0.4 is 0 Å². The van der Waals surface area contributed by atoms with Crippen molar-refractivity contribution in [3.63, 3.8) is 0 Å². The molecule has 0 aliphatic carbocycles. The Balaban J connectivity index is 2.87. The first kappa shape index (κ1) is 10.9. The lowest BCUT2D eigenvalue weighted by atomic mass is 10.0. The molecule has 0 saturated heterocycles. The zero-order valence-electron chi connectivity index (χ0n) is 8.02. The molecule has 14 heavy (non-hydrogen) atoms. The highest BCUT2D eigenvalue weighted by Gasteiger charge is 2.07. The summed E-state index contributed by atoms with van der Waals surface area (Å²) < 4.78 is 0. The van der Waals surface area contributed by atoms with Crippen LogP contribution in [-0.4, -0.2) is 0 Å². The highest BCUT2D eigenvalue weighted by molar-refractivity contribution is 6.30. The lowest BCUT2D eigenvalue weighted by molar-refractivity contribution is 0.634. The molecule has 0 unspecified atom stereocenters. The summed E-state index contributed by atoms with van der Waals surface area (Å²) in [5.74, 6) is 0. The van der Waals surface area contributed by atoms with Gasteiger partial charge in [-0.1, -0.05) is 42.2 Å². The van der Waals surface area contributed by atoms with E-state index in [1.807, 2.05) is 24.3 Å². The third kappa shape index (κ3) is 2.95. The molecule has 0 spiro atoms. The maximum absolute atomic E-state index is 8.41. The van der Waals surface area contributed by atoms with Crippen LogP contribution in [0.3, 0.4) is 0 Å². The van der Waals surface area contributed by atoms with E-state index in [-0.39, 0.29) is 6.04 Å². The minimum absolute atomic E-state index is 0.0673. The Kier molecular flexibility index (Phi) is 4.30. The van der Waals surface area contributed by atoms with E-state index in [2.05, 4.69) is 16.9 Å². The van der Waals surface area contributed by atoms with Gasteiger partial charge >= 0.3 is 0 Å². The van der Waals surface area contributed by atoms with E-state index in [4.69, 9.17) is 17.1 Å². The molecule has 0 bridgehead atoms. The molecule has 1 aromatic carbocycles. The largest absolute Gasteiger partial charge is 0.0859 e. The second-order valence-electron chi connectivity index (χ2n) is 3.06. The second kappa shape index (κ2) is 5.53. The predicted molar refractivity (Wildman–Crippen MR) is 58.2 cm³/mol. The Morgan fingerprint density at radius 1 is 1.43 bits per heavy atom. The molecule has 0 heterocycles. The van der Waals surface area contributed by atoms with Gasteiger partial charge in [-0.2, -0.15) is 0 Å². The summed E-state index contributed by atoms with van der Waals surface area (Å²) >= 11 is 5.77. The van der Waals surface area contributed by atoms with Gasteiger partial charge in [-0.3, -0.25) is 0 Å². The Bertz CT molecular complexity index is 328. The van der Waals surface area contributed by atoms with E-state index in [9.17, 15) is 0 Å². The van der Waals surface area contributed by atoms with Crippen LogP contribution in [0.4, 0.5) is 0 Å². The molecular formula is C10H12ClN3. The first-order valence-electron chi connectivity index (χ1n) is 4.57. The van der Waals surface area contributed by atoms with Gasteiger partial charge in [-0.05, 0) is 29.6 Å². The van der Waals surface area contributed by atoms with E-state index >= 15 is 0 Å². The molecule has 0 radical (unpaired) electrons. The number of halogens is 1. The van der Waals surface area contributed by atoms with Crippen LogP contribution in [0.2, 0.25) is 5.02 Å². The molecule has 0 N–H and O–H groups in total. The van der Waals surface area contributed by atoms with Gasteiger partial charge in [0.2, 0.25) is 0 Å². The number of benzene rings is 1. The molecule has 0 aliphatic rings. The van der Waals surface area contributed by atoms with E-state index in [1.165, 1.54) is 0 Å². The molecule has 1 rings (SSSR count). The van der Waals surface area contributed by atoms with Crippen molar-refractivity contribution in [1.82, 2.24) is 0 Å². The van der Waals surface area contributed by atoms with Crippen LogP contribution in [0, 0.1) is 0 Å². The molecule has 1 atom stereocenters. The highest BCUT2D eigenvalue weighted by atomic mass is 35.5. The molecule has 0 aromatic heterocycles. The van der Waals surface area contributed by atoms with Crippen molar-refractivity contribution in [3.05, 3.63) is 45.3 Å². The molecular weight excluding hydrogens is 198 g/mol. The van der Waals surface area contributed by atoms with Gasteiger partial charge in [-0.25, -0.2) is 0 Å². The first-order valence-corrected chi connectivity index (χ1v) is 4.95. The summed E-state index contributed by atoms with van der Waals surface area (Å²) in [4.78, 5) is 2.85. The van der Waals surface area contributed by atoms with Gasteiger partial charge in [0.1, 0.15) is 0 Å². The average Bonchev–Trinajstić information content (AvgIpc) is 2.19. The lowest BCUT2D eigenvalue weighted by Crippen LogP contribution is -1.93. The fourth-order valence-corrected chi connectivity index (χ4v) is 1.44. The van der Waals surface area contributed by atoms with E-state index in [0.717, 1.165) is 18.4 Å². The van der Waals surface area contributed by atoms with Gasteiger partial charge in [0.05, 0.1) is 6.04 Å². The molecule has 0 saturated carbocycles. The van der Waals surface area contributed by atoms with Crippen LogP contribution in [0.1, 0.15) is 31.4 Å². The normalized spacial score (nSPS) is 11.9. The summed E-state index contributed by atoms with van der Waals surface area (Å²) in [6.45, 7) is 2.07. The summed E-state index contributed by atoms with van der Waals surface area (Å²) in [5, 5.41) is 4.45. The summed E-state index contributed by atoms with van der Waals surface area (Å²) in [7, 11) is 0. The number of hydrogen-bond acceptors (Lipinski definition) is 1. The summed E-state index contributed by atoms with van der Waals surface area (Å²) in [5.41, 5.74) is 9.43. The van der Waals surface area contributed by atoms with Gasteiger partial charge in [-0.15, -0.1) is 0 Å². The van der Waals surface area contributed by atoms with Crippen molar-refractivity contribution in [2.45, 2.75) is 25.8 Å². The van der Waals surface area contributed by atoms with Crippen molar-refractivity contribution < 1.29 is 0 Å². The Hall–Kier alpha value is -1.18. The maximum Gasteiger partial charge on any atom is 0.0625 e. The number of azide groups is 1. The maximum atomic E-state index is 8.41. The monoisotopic (exact) mass is 209 g/mol. The van der Waals surface area contributed by atoms with Crippen molar-refractivity contribution in [1.29, 1.82) is 0 Å². The van der Waals surface area contributed by atoms with Gasteiger partial charge in [0, 0.05) is 9.93 Å². The van der Waals surface area contributed by atoms with E-state index < -0.39 is 0 Å². The minimum atomic E-state index is -0.0673. The second-order valence-corrected chi connectivity index (χ2v) is 3.50. The fraction of sp³-hybridized carbons (Fsp3) is 0.400. The zero-order valence-corrected chi connectivity index (χ0v) is 8.78. The molecule has 1 aromatic rings. The number of rotatable bonds is 4. The Morgan fingerprint density at radius 2 is 2.07 bits per heavy atom. The minimum Gasteiger partial charge on any atom is -0.0859 e. The summed E-state index contributed by atoms with van der Waals surface area (Å²) in [6.07, 6.45) is 1.86. The van der Waals surface area contributed by atoms with Crippen LogP contribution in [0.5, 0.6) is 0 Å². The third-order valence-electron chi connectivity index (χ3n) is 2.01. The van der Waals surface area contributed by atoms with Crippen LogP contribution in [0.25, 0.3) is 10.4 Å². The SMILES string of the molecule is CCC[C@@H](N=[N+]=[N-])c1ccc(Cl)cc1. The fourth-order valence-electron chi connectivity index (χ4n) is 1.31. The lowest BCUT2D eigenvalue weighted by Gasteiger charge is -2.09. The Labute approximate surface area is 88.3 Å².